The van der Waals surface area contributed by atoms with Crippen LogP contribution in [0.4, 0.5) is 0 Å². The smallest absolute Gasteiger partial charge is 0.253 e. The minimum atomic E-state index is -0.130. The van der Waals surface area contributed by atoms with Crippen molar-refractivity contribution in [3.8, 4) is 0 Å². The molecule has 1 saturated heterocycles. The summed E-state index contributed by atoms with van der Waals surface area (Å²) in [4.78, 5) is 26.4. The first-order valence-corrected chi connectivity index (χ1v) is 8.93. The predicted molar refractivity (Wildman–Crippen MR) is 99.1 cm³/mol. The maximum Gasteiger partial charge on any atom is 0.253 e. The zero-order valence-corrected chi connectivity index (χ0v) is 14.8. The Balaban J connectivity index is 1.51. The third-order valence-corrected chi connectivity index (χ3v) is 4.65. The molecular formula is C20H21ClN2O2. The minimum Gasteiger partial charge on any atom is -0.352 e. The molecule has 25 heavy (non-hydrogen) atoms. The maximum atomic E-state index is 12.3. The van der Waals surface area contributed by atoms with Gasteiger partial charge in [-0.3, -0.25) is 9.59 Å². The summed E-state index contributed by atoms with van der Waals surface area (Å²) in [6.45, 7) is 2.20. The van der Waals surface area contributed by atoms with Crippen molar-refractivity contribution in [2.45, 2.75) is 19.3 Å². The first-order chi connectivity index (χ1) is 12.1. The first-order valence-electron chi connectivity index (χ1n) is 8.55. The number of benzene rings is 2. The van der Waals surface area contributed by atoms with Crippen molar-refractivity contribution in [1.82, 2.24) is 10.2 Å². The summed E-state index contributed by atoms with van der Waals surface area (Å²) in [5, 5.41) is 3.60. The molecule has 2 aromatic rings. The fraction of sp³-hybridized carbons (Fsp3) is 0.300. The van der Waals surface area contributed by atoms with Gasteiger partial charge >= 0.3 is 0 Å². The van der Waals surface area contributed by atoms with Gasteiger partial charge in [0, 0.05) is 35.8 Å². The molecule has 130 valence electrons. The lowest BCUT2D eigenvalue weighted by molar-refractivity contribution is 0.0792. The number of hydrogen-bond donors (Lipinski definition) is 1. The summed E-state index contributed by atoms with van der Waals surface area (Å²) < 4.78 is 0. The molecule has 4 nitrogen and oxygen atoms in total. The van der Waals surface area contributed by atoms with Crippen LogP contribution >= 0.6 is 11.6 Å². The molecule has 0 spiro atoms. The van der Waals surface area contributed by atoms with Crippen molar-refractivity contribution in [2.24, 2.45) is 0 Å². The molecule has 1 aliphatic heterocycles. The van der Waals surface area contributed by atoms with Gasteiger partial charge in [0.1, 0.15) is 0 Å². The molecule has 0 saturated carbocycles. The van der Waals surface area contributed by atoms with Gasteiger partial charge in [-0.2, -0.15) is 0 Å². The molecule has 0 aliphatic carbocycles. The Bertz CT molecular complexity index is 735. The van der Waals surface area contributed by atoms with E-state index < -0.39 is 0 Å². The Morgan fingerprint density at radius 2 is 1.52 bits per heavy atom. The zero-order valence-electron chi connectivity index (χ0n) is 14.0. The summed E-state index contributed by atoms with van der Waals surface area (Å²) in [5.41, 5.74) is 2.32. The van der Waals surface area contributed by atoms with E-state index in [1.54, 1.807) is 24.3 Å². The van der Waals surface area contributed by atoms with Gasteiger partial charge in [-0.1, -0.05) is 23.7 Å². The molecule has 3 rings (SSSR count). The molecule has 1 fully saturated rings. The molecule has 2 amide bonds. The van der Waals surface area contributed by atoms with Gasteiger partial charge in [0.05, 0.1) is 0 Å². The molecule has 2 aromatic carbocycles. The van der Waals surface area contributed by atoms with Crippen molar-refractivity contribution in [1.29, 1.82) is 0 Å². The number of likely N-dealkylation sites (tertiary alicyclic amines) is 1. The maximum absolute atomic E-state index is 12.3. The van der Waals surface area contributed by atoms with Gasteiger partial charge in [-0.05, 0) is 61.2 Å². The van der Waals surface area contributed by atoms with Crippen molar-refractivity contribution >= 4 is 23.4 Å². The Hall–Kier alpha value is -2.33. The van der Waals surface area contributed by atoms with Crippen LogP contribution in [0, 0.1) is 0 Å². The normalized spacial score (nSPS) is 13.7. The van der Waals surface area contributed by atoms with E-state index in [1.807, 2.05) is 29.2 Å². The molecular weight excluding hydrogens is 336 g/mol. The van der Waals surface area contributed by atoms with E-state index in [0.29, 0.717) is 22.7 Å². The Labute approximate surface area is 152 Å². The van der Waals surface area contributed by atoms with Crippen molar-refractivity contribution in [3.05, 3.63) is 70.2 Å². The predicted octanol–water partition coefficient (Wildman–Crippen LogP) is 3.55. The molecule has 0 bridgehead atoms. The molecule has 1 aliphatic rings. The van der Waals surface area contributed by atoms with Gasteiger partial charge < -0.3 is 10.2 Å². The summed E-state index contributed by atoms with van der Waals surface area (Å²) in [7, 11) is 0. The van der Waals surface area contributed by atoms with Gasteiger partial charge in [-0.15, -0.1) is 0 Å². The lowest BCUT2D eigenvalue weighted by Crippen LogP contribution is -2.28. The van der Waals surface area contributed by atoms with E-state index in [-0.39, 0.29) is 11.8 Å². The highest BCUT2D eigenvalue weighted by atomic mass is 35.5. The molecule has 1 N–H and O–H groups in total. The largest absolute Gasteiger partial charge is 0.352 e. The van der Waals surface area contributed by atoms with E-state index >= 15 is 0 Å². The number of nitrogens with zero attached hydrogens (tertiary/aromatic N) is 1. The van der Waals surface area contributed by atoms with Crippen LogP contribution < -0.4 is 5.32 Å². The van der Waals surface area contributed by atoms with Gasteiger partial charge in [0.25, 0.3) is 11.8 Å². The molecule has 5 heteroatoms. The molecule has 0 radical (unpaired) electrons. The zero-order chi connectivity index (χ0) is 17.6. The highest BCUT2D eigenvalue weighted by Crippen LogP contribution is 2.14. The van der Waals surface area contributed by atoms with Crippen LogP contribution in [0.25, 0.3) is 0 Å². The van der Waals surface area contributed by atoms with Crippen LogP contribution in [0.5, 0.6) is 0 Å². The van der Waals surface area contributed by atoms with Crippen LogP contribution in [0.1, 0.15) is 39.1 Å². The van der Waals surface area contributed by atoms with E-state index in [0.717, 1.165) is 37.9 Å². The standard InChI is InChI=1S/C20H21ClN2O2/c21-18-9-3-15(4-10-18)11-12-22-19(24)16-5-7-17(8-6-16)20(25)23-13-1-2-14-23/h3-10H,1-2,11-14H2,(H,22,24). The second kappa shape index (κ2) is 8.17. The van der Waals surface area contributed by atoms with Crippen LogP contribution in [-0.4, -0.2) is 36.3 Å². The average Bonchev–Trinajstić information content (AvgIpc) is 3.17. The summed E-state index contributed by atoms with van der Waals surface area (Å²) in [6, 6.07) is 14.5. The van der Waals surface area contributed by atoms with E-state index in [9.17, 15) is 9.59 Å². The SMILES string of the molecule is O=C(NCCc1ccc(Cl)cc1)c1ccc(C(=O)N2CCCC2)cc1. The van der Waals surface area contributed by atoms with Crippen LogP contribution in [0.3, 0.4) is 0 Å². The topological polar surface area (TPSA) is 49.4 Å². The van der Waals surface area contributed by atoms with E-state index in [2.05, 4.69) is 5.32 Å². The van der Waals surface area contributed by atoms with Crippen molar-refractivity contribution < 1.29 is 9.59 Å². The number of nitrogens with one attached hydrogen (secondary N) is 1. The number of hydrogen-bond acceptors (Lipinski definition) is 2. The third kappa shape index (κ3) is 4.60. The second-order valence-electron chi connectivity index (χ2n) is 6.21. The molecule has 0 atom stereocenters. The van der Waals surface area contributed by atoms with E-state index in [4.69, 9.17) is 11.6 Å². The van der Waals surface area contributed by atoms with Crippen LogP contribution in [0.15, 0.2) is 48.5 Å². The summed E-state index contributed by atoms with van der Waals surface area (Å²) in [5.74, 6) is -0.0821. The lowest BCUT2D eigenvalue weighted by atomic mass is 10.1. The number of carbonyl (C=O) groups excluding carboxylic acids is 2. The number of carbonyl (C=O) groups is 2. The van der Waals surface area contributed by atoms with Crippen molar-refractivity contribution in [2.75, 3.05) is 19.6 Å². The highest BCUT2D eigenvalue weighted by molar-refractivity contribution is 6.30. The van der Waals surface area contributed by atoms with Gasteiger partial charge in [0.2, 0.25) is 0 Å². The third-order valence-electron chi connectivity index (χ3n) is 4.40. The van der Waals surface area contributed by atoms with Crippen LogP contribution in [-0.2, 0) is 6.42 Å². The fourth-order valence-electron chi connectivity index (χ4n) is 2.94. The Kier molecular flexibility index (Phi) is 5.71. The Morgan fingerprint density at radius 3 is 2.16 bits per heavy atom. The average molecular weight is 357 g/mol. The van der Waals surface area contributed by atoms with Gasteiger partial charge in [-0.25, -0.2) is 0 Å². The number of halogens is 1. The van der Waals surface area contributed by atoms with Crippen molar-refractivity contribution in [3.63, 3.8) is 0 Å². The summed E-state index contributed by atoms with van der Waals surface area (Å²) in [6.07, 6.45) is 2.88. The fourth-order valence-corrected chi connectivity index (χ4v) is 3.07. The van der Waals surface area contributed by atoms with E-state index in [1.165, 1.54) is 0 Å². The number of rotatable bonds is 5. The highest BCUT2D eigenvalue weighted by Gasteiger charge is 2.19. The molecule has 1 heterocycles. The second-order valence-corrected chi connectivity index (χ2v) is 6.65. The quantitative estimate of drug-likeness (QED) is 0.890. The van der Waals surface area contributed by atoms with Gasteiger partial charge in [0.15, 0.2) is 0 Å². The summed E-state index contributed by atoms with van der Waals surface area (Å²) >= 11 is 5.86. The number of amides is 2. The first kappa shape index (κ1) is 17.5. The monoisotopic (exact) mass is 356 g/mol. The molecule has 0 aromatic heterocycles. The molecule has 0 unspecified atom stereocenters. The lowest BCUT2D eigenvalue weighted by Gasteiger charge is -2.15. The Morgan fingerprint density at radius 1 is 0.920 bits per heavy atom. The minimum absolute atomic E-state index is 0.0483. The van der Waals surface area contributed by atoms with Crippen LogP contribution in [0.2, 0.25) is 5.02 Å².